The molecule has 5 nitrogen and oxygen atoms in total. The van der Waals surface area contributed by atoms with E-state index in [1.807, 2.05) is 30.3 Å². The summed E-state index contributed by atoms with van der Waals surface area (Å²) in [7, 11) is 1.67. The van der Waals surface area contributed by atoms with E-state index in [9.17, 15) is 0 Å². The lowest BCUT2D eigenvalue weighted by Gasteiger charge is -2.19. The van der Waals surface area contributed by atoms with Gasteiger partial charge in [-0.05, 0) is 37.6 Å². The SMILES string of the molecule is CCN(CC)c1ccnc(NCc2ccc(OC)cc2)n1. The molecule has 0 spiro atoms. The molecule has 0 saturated carbocycles. The fraction of sp³-hybridized carbons (Fsp3) is 0.375. The maximum absolute atomic E-state index is 5.15. The smallest absolute Gasteiger partial charge is 0.224 e. The van der Waals surface area contributed by atoms with Crippen LogP contribution in [0.15, 0.2) is 36.5 Å². The van der Waals surface area contributed by atoms with E-state index in [0.29, 0.717) is 12.5 Å². The van der Waals surface area contributed by atoms with Gasteiger partial charge in [-0.15, -0.1) is 0 Å². The highest BCUT2D eigenvalue weighted by molar-refractivity contribution is 5.42. The molecule has 112 valence electrons. The Morgan fingerprint density at radius 3 is 2.43 bits per heavy atom. The summed E-state index contributed by atoms with van der Waals surface area (Å²) in [6.45, 7) is 6.80. The summed E-state index contributed by atoms with van der Waals surface area (Å²) < 4.78 is 5.15. The normalized spacial score (nSPS) is 10.2. The zero-order chi connectivity index (χ0) is 15.1. The Labute approximate surface area is 126 Å². The maximum Gasteiger partial charge on any atom is 0.224 e. The predicted octanol–water partition coefficient (Wildman–Crippen LogP) is 2.94. The van der Waals surface area contributed by atoms with E-state index < -0.39 is 0 Å². The molecule has 0 aliphatic heterocycles. The lowest BCUT2D eigenvalue weighted by molar-refractivity contribution is 0.414. The number of hydrogen-bond donors (Lipinski definition) is 1. The van der Waals surface area contributed by atoms with Crippen LogP contribution in [0.1, 0.15) is 19.4 Å². The minimum absolute atomic E-state index is 0.648. The van der Waals surface area contributed by atoms with Crippen LogP contribution in [0.3, 0.4) is 0 Å². The molecule has 5 heteroatoms. The Balaban J connectivity index is 2.00. The molecule has 0 bridgehead atoms. The average molecular weight is 286 g/mol. The van der Waals surface area contributed by atoms with E-state index in [4.69, 9.17) is 4.74 Å². The number of anilines is 2. The predicted molar refractivity (Wildman–Crippen MR) is 85.9 cm³/mol. The molecule has 0 fully saturated rings. The van der Waals surface area contributed by atoms with Crippen LogP contribution in [0.4, 0.5) is 11.8 Å². The van der Waals surface area contributed by atoms with Crippen LogP contribution in [0, 0.1) is 0 Å². The third-order valence-corrected chi connectivity index (χ3v) is 3.34. The highest BCUT2D eigenvalue weighted by Gasteiger charge is 2.05. The number of nitrogens with zero attached hydrogens (tertiary/aromatic N) is 3. The quantitative estimate of drug-likeness (QED) is 0.848. The van der Waals surface area contributed by atoms with E-state index in [-0.39, 0.29) is 0 Å². The van der Waals surface area contributed by atoms with Crippen molar-refractivity contribution in [3.63, 3.8) is 0 Å². The zero-order valence-electron chi connectivity index (χ0n) is 12.8. The van der Waals surface area contributed by atoms with Crippen molar-refractivity contribution in [2.45, 2.75) is 20.4 Å². The second-order valence-electron chi connectivity index (χ2n) is 4.61. The molecule has 0 amide bonds. The van der Waals surface area contributed by atoms with Gasteiger partial charge in [0.1, 0.15) is 11.6 Å². The average Bonchev–Trinajstić information content (AvgIpc) is 2.55. The first-order valence-corrected chi connectivity index (χ1v) is 7.21. The molecule has 0 radical (unpaired) electrons. The fourth-order valence-corrected chi connectivity index (χ4v) is 2.08. The van der Waals surface area contributed by atoms with Crippen molar-refractivity contribution in [2.75, 3.05) is 30.4 Å². The number of benzene rings is 1. The lowest BCUT2D eigenvalue weighted by Crippen LogP contribution is -2.23. The van der Waals surface area contributed by atoms with Crippen LogP contribution in [0.5, 0.6) is 5.75 Å². The molecule has 0 unspecified atom stereocenters. The molecule has 1 heterocycles. The van der Waals surface area contributed by atoms with Crippen LogP contribution in [-0.2, 0) is 6.54 Å². The van der Waals surface area contributed by atoms with Gasteiger partial charge in [-0.2, -0.15) is 4.98 Å². The van der Waals surface area contributed by atoms with Gasteiger partial charge in [0.05, 0.1) is 7.11 Å². The van der Waals surface area contributed by atoms with E-state index in [2.05, 4.69) is 34.0 Å². The molecular weight excluding hydrogens is 264 g/mol. The van der Waals surface area contributed by atoms with Gasteiger partial charge >= 0.3 is 0 Å². The van der Waals surface area contributed by atoms with Gasteiger partial charge in [0.25, 0.3) is 0 Å². The van der Waals surface area contributed by atoms with Crippen LogP contribution >= 0.6 is 0 Å². The molecule has 1 N–H and O–H groups in total. The number of ether oxygens (including phenoxy) is 1. The minimum atomic E-state index is 0.648. The number of rotatable bonds is 7. The first kappa shape index (κ1) is 15.1. The number of hydrogen-bond acceptors (Lipinski definition) is 5. The van der Waals surface area contributed by atoms with Gasteiger partial charge in [-0.25, -0.2) is 4.98 Å². The minimum Gasteiger partial charge on any atom is -0.497 e. The Hall–Kier alpha value is -2.30. The standard InChI is InChI=1S/C16H22N4O/c1-4-20(5-2)15-10-11-17-16(19-15)18-12-13-6-8-14(21-3)9-7-13/h6-11H,4-5,12H2,1-3H3,(H,17,18,19). The van der Waals surface area contributed by atoms with Gasteiger partial charge in [0.2, 0.25) is 5.95 Å². The summed E-state index contributed by atoms with van der Waals surface area (Å²) >= 11 is 0. The van der Waals surface area contributed by atoms with Crippen LogP contribution in [-0.4, -0.2) is 30.2 Å². The van der Waals surface area contributed by atoms with Crippen LogP contribution < -0.4 is 15.0 Å². The van der Waals surface area contributed by atoms with Gasteiger partial charge in [-0.1, -0.05) is 12.1 Å². The second-order valence-corrected chi connectivity index (χ2v) is 4.61. The van der Waals surface area contributed by atoms with Crippen LogP contribution in [0.25, 0.3) is 0 Å². The fourth-order valence-electron chi connectivity index (χ4n) is 2.08. The number of aromatic nitrogens is 2. The molecule has 0 saturated heterocycles. The Kier molecular flexibility index (Phi) is 5.37. The summed E-state index contributed by atoms with van der Waals surface area (Å²) in [5.41, 5.74) is 1.16. The van der Waals surface area contributed by atoms with Gasteiger partial charge < -0.3 is 15.0 Å². The van der Waals surface area contributed by atoms with E-state index in [0.717, 1.165) is 30.2 Å². The molecule has 1 aromatic carbocycles. The van der Waals surface area contributed by atoms with Crippen molar-refractivity contribution >= 4 is 11.8 Å². The van der Waals surface area contributed by atoms with Crippen molar-refractivity contribution in [3.05, 3.63) is 42.1 Å². The van der Waals surface area contributed by atoms with Crippen molar-refractivity contribution < 1.29 is 4.74 Å². The third-order valence-electron chi connectivity index (χ3n) is 3.34. The first-order valence-electron chi connectivity index (χ1n) is 7.21. The number of nitrogens with one attached hydrogen (secondary N) is 1. The topological polar surface area (TPSA) is 50.3 Å². The number of methoxy groups -OCH3 is 1. The molecule has 1 aromatic heterocycles. The molecule has 2 rings (SSSR count). The summed E-state index contributed by atoms with van der Waals surface area (Å²) in [4.78, 5) is 11.0. The Morgan fingerprint density at radius 1 is 1.10 bits per heavy atom. The molecule has 0 aliphatic carbocycles. The first-order chi connectivity index (χ1) is 10.3. The van der Waals surface area contributed by atoms with E-state index in [1.165, 1.54) is 0 Å². The second kappa shape index (κ2) is 7.47. The van der Waals surface area contributed by atoms with Crippen molar-refractivity contribution in [1.29, 1.82) is 0 Å². The zero-order valence-corrected chi connectivity index (χ0v) is 12.8. The molecule has 0 atom stereocenters. The summed E-state index contributed by atoms with van der Waals surface area (Å²) in [5.74, 6) is 2.46. The monoisotopic (exact) mass is 286 g/mol. The Bertz CT molecular complexity index is 552. The highest BCUT2D eigenvalue weighted by atomic mass is 16.5. The van der Waals surface area contributed by atoms with E-state index in [1.54, 1.807) is 13.3 Å². The maximum atomic E-state index is 5.15. The largest absolute Gasteiger partial charge is 0.497 e. The lowest BCUT2D eigenvalue weighted by atomic mass is 10.2. The molecule has 0 aliphatic rings. The van der Waals surface area contributed by atoms with Gasteiger partial charge in [0.15, 0.2) is 0 Å². The highest BCUT2D eigenvalue weighted by Crippen LogP contribution is 2.14. The van der Waals surface area contributed by atoms with Crippen molar-refractivity contribution in [3.8, 4) is 5.75 Å². The summed E-state index contributed by atoms with van der Waals surface area (Å²) in [6.07, 6.45) is 1.79. The summed E-state index contributed by atoms with van der Waals surface area (Å²) in [6, 6.07) is 9.89. The Morgan fingerprint density at radius 2 is 1.81 bits per heavy atom. The van der Waals surface area contributed by atoms with E-state index >= 15 is 0 Å². The molecular formula is C16H22N4O. The van der Waals surface area contributed by atoms with Gasteiger partial charge in [-0.3, -0.25) is 0 Å². The summed E-state index contributed by atoms with van der Waals surface area (Å²) in [5, 5.41) is 3.25. The molecule has 21 heavy (non-hydrogen) atoms. The third kappa shape index (κ3) is 4.08. The van der Waals surface area contributed by atoms with Gasteiger partial charge in [0, 0.05) is 25.8 Å². The van der Waals surface area contributed by atoms with Crippen molar-refractivity contribution in [2.24, 2.45) is 0 Å². The van der Waals surface area contributed by atoms with Crippen LogP contribution in [0.2, 0.25) is 0 Å². The van der Waals surface area contributed by atoms with Crippen molar-refractivity contribution in [1.82, 2.24) is 9.97 Å². The molecule has 2 aromatic rings.